The summed E-state index contributed by atoms with van der Waals surface area (Å²) in [6.07, 6.45) is 84.5. The summed E-state index contributed by atoms with van der Waals surface area (Å²) in [5, 5.41) is 14.1. The number of quaternary nitrogens is 1. The fourth-order valence-electron chi connectivity index (χ4n) is 9.29. The molecular weight excluding hydrogens is 984 g/mol. The van der Waals surface area contributed by atoms with Crippen molar-refractivity contribution in [2.24, 2.45) is 0 Å². The molecule has 0 spiro atoms. The van der Waals surface area contributed by atoms with E-state index in [4.69, 9.17) is 9.05 Å². The van der Waals surface area contributed by atoms with Crippen LogP contribution in [0, 0.1) is 0 Å². The molecule has 0 rings (SSSR count). The lowest BCUT2D eigenvalue weighted by molar-refractivity contribution is -0.870. The Hall–Kier alpha value is -2.58. The van der Waals surface area contributed by atoms with E-state index in [0.717, 1.165) is 89.9 Å². The van der Waals surface area contributed by atoms with Crippen LogP contribution in [0.15, 0.2) is 97.2 Å². The molecule has 78 heavy (non-hydrogen) atoms. The predicted octanol–water partition coefficient (Wildman–Crippen LogP) is 19.9. The molecule has 0 heterocycles. The van der Waals surface area contributed by atoms with Gasteiger partial charge in [-0.05, 0) is 77.0 Å². The van der Waals surface area contributed by atoms with Gasteiger partial charge in [-0.15, -0.1) is 0 Å². The molecule has 0 fully saturated rings. The first-order valence-corrected chi connectivity index (χ1v) is 34.0. The second-order valence-corrected chi connectivity index (χ2v) is 24.5. The van der Waals surface area contributed by atoms with Crippen molar-refractivity contribution < 1.29 is 32.9 Å². The number of rotatable bonds is 59. The molecule has 9 heteroatoms. The summed E-state index contributed by atoms with van der Waals surface area (Å²) in [6.45, 7) is 4.63. The second-order valence-electron chi connectivity index (χ2n) is 23.1. The van der Waals surface area contributed by atoms with E-state index >= 15 is 0 Å². The van der Waals surface area contributed by atoms with Crippen molar-refractivity contribution in [3.8, 4) is 0 Å². The monoisotopic (exact) mass is 1110 g/mol. The number of hydrogen-bond acceptors (Lipinski definition) is 6. The van der Waals surface area contributed by atoms with Gasteiger partial charge < -0.3 is 28.8 Å². The van der Waals surface area contributed by atoms with Crippen LogP contribution < -0.4 is 10.2 Å². The van der Waals surface area contributed by atoms with Gasteiger partial charge in [-0.25, -0.2) is 0 Å². The molecular formula is C69H125N2O6P. The molecule has 452 valence electrons. The van der Waals surface area contributed by atoms with Crippen molar-refractivity contribution in [3.63, 3.8) is 0 Å². The van der Waals surface area contributed by atoms with Crippen molar-refractivity contribution in [1.82, 2.24) is 5.32 Å². The molecule has 0 aliphatic carbocycles. The Balaban J connectivity index is 4.07. The lowest BCUT2D eigenvalue weighted by Gasteiger charge is -2.30. The minimum absolute atomic E-state index is 0.00896. The lowest BCUT2D eigenvalue weighted by atomic mass is 10.0. The highest BCUT2D eigenvalue weighted by Gasteiger charge is 2.24. The van der Waals surface area contributed by atoms with Crippen molar-refractivity contribution in [3.05, 3.63) is 97.2 Å². The number of nitrogens with one attached hydrogen (secondary N) is 1. The SMILES string of the molecule is CC/C=C\C/C=C\C/C=C\C/C=C\C/C=C\C/C=C\C/C=C\C/C=C\CCCCCCCCCCCCCCC(=O)NC(COP(=O)([O-])OCC[N+](C)(C)C)C(O)CCCCCCCCCCCCCCCCCCCCC. The van der Waals surface area contributed by atoms with Gasteiger partial charge in [0.05, 0.1) is 39.9 Å². The Morgan fingerprint density at radius 1 is 0.462 bits per heavy atom. The maximum absolute atomic E-state index is 13.0. The van der Waals surface area contributed by atoms with E-state index in [0.29, 0.717) is 23.9 Å². The maximum atomic E-state index is 13.0. The zero-order valence-electron chi connectivity index (χ0n) is 51.6. The highest BCUT2D eigenvalue weighted by molar-refractivity contribution is 7.45. The van der Waals surface area contributed by atoms with E-state index in [1.54, 1.807) is 0 Å². The molecule has 0 saturated heterocycles. The normalized spacial score (nSPS) is 14.4. The molecule has 1 amide bonds. The Kier molecular flexibility index (Phi) is 57.1. The molecule has 3 unspecified atom stereocenters. The molecule has 0 aliphatic heterocycles. The van der Waals surface area contributed by atoms with Crippen LogP contribution in [-0.4, -0.2) is 68.5 Å². The minimum atomic E-state index is -4.58. The third kappa shape index (κ3) is 61.0. The highest BCUT2D eigenvalue weighted by Crippen LogP contribution is 2.38. The quantitative estimate of drug-likeness (QED) is 0.0272. The van der Waals surface area contributed by atoms with Gasteiger partial charge >= 0.3 is 0 Å². The summed E-state index contributed by atoms with van der Waals surface area (Å²) in [4.78, 5) is 25.6. The second kappa shape index (κ2) is 59.1. The summed E-state index contributed by atoms with van der Waals surface area (Å²) < 4.78 is 23.5. The highest BCUT2D eigenvalue weighted by atomic mass is 31.2. The molecule has 0 aromatic carbocycles. The topological polar surface area (TPSA) is 108 Å². The summed E-state index contributed by atoms with van der Waals surface area (Å²) >= 11 is 0. The van der Waals surface area contributed by atoms with Crippen LogP contribution in [0.25, 0.3) is 0 Å². The average Bonchev–Trinajstić information content (AvgIpc) is 3.41. The van der Waals surface area contributed by atoms with E-state index in [-0.39, 0.29) is 19.1 Å². The van der Waals surface area contributed by atoms with E-state index in [1.807, 2.05) is 21.1 Å². The number of aliphatic hydroxyl groups excluding tert-OH is 1. The first-order valence-electron chi connectivity index (χ1n) is 32.6. The summed E-state index contributed by atoms with van der Waals surface area (Å²) in [5.74, 6) is -0.168. The molecule has 0 bridgehead atoms. The van der Waals surface area contributed by atoms with Crippen LogP contribution in [0.2, 0.25) is 0 Å². The standard InChI is InChI=1S/C69H125N2O6P/c1-6-8-10-12-14-16-18-20-22-24-26-27-28-29-30-31-32-33-34-35-36-37-38-39-40-41-42-43-45-47-49-51-53-55-57-59-61-63-69(73)70-67(66-77-78(74,75)76-65-64-71(3,4)5)68(72)62-60-58-56-54-52-50-48-46-44-25-23-21-19-17-15-13-11-9-7-2/h8,10,14,16,20,22,26-27,29-30,32-33,35-36,38-39,67-68,72H,6-7,9,11-13,15,17-19,21,23-25,28,31,34,37,40-66H2,1-5H3,(H-,70,73,74,75)/b10-8-,16-14-,22-20-,27-26-,30-29-,33-32-,36-35-,39-38-. The Morgan fingerprint density at radius 2 is 0.782 bits per heavy atom. The third-order valence-electron chi connectivity index (χ3n) is 14.3. The molecule has 2 N–H and O–H groups in total. The molecule has 0 aromatic rings. The van der Waals surface area contributed by atoms with Crippen molar-refractivity contribution >= 4 is 13.7 Å². The number of carbonyl (C=O) groups is 1. The van der Waals surface area contributed by atoms with Gasteiger partial charge in [-0.3, -0.25) is 9.36 Å². The number of carbonyl (C=O) groups excluding carboxylic acids is 1. The molecule has 8 nitrogen and oxygen atoms in total. The number of amides is 1. The summed E-state index contributed by atoms with van der Waals surface area (Å²) in [6, 6.07) is -0.808. The molecule has 0 saturated carbocycles. The Morgan fingerprint density at radius 3 is 1.14 bits per heavy atom. The molecule has 0 radical (unpaired) electrons. The van der Waals surface area contributed by atoms with E-state index in [9.17, 15) is 19.4 Å². The van der Waals surface area contributed by atoms with E-state index in [1.165, 1.54) is 167 Å². The van der Waals surface area contributed by atoms with Gasteiger partial charge in [0.2, 0.25) is 5.91 Å². The number of allylic oxidation sites excluding steroid dienone is 16. The number of aliphatic hydroxyl groups is 1. The van der Waals surface area contributed by atoms with Crippen molar-refractivity contribution in [2.75, 3.05) is 40.9 Å². The van der Waals surface area contributed by atoms with Gasteiger partial charge in [0, 0.05) is 6.42 Å². The number of phosphoric ester groups is 1. The van der Waals surface area contributed by atoms with Crippen LogP contribution in [-0.2, 0) is 18.4 Å². The number of hydrogen-bond donors (Lipinski definition) is 2. The Labute approximate surface area is 483 Å². The smallest absolute Gasteiger partial charge is 0.268 e. The van der Waals surface area contributed by atoms with Gasteiger partial charge in [0.25, 0.3) is 7.82 Å². The van der Waals surface area contributed by atoms with Crippen LogP contribution in [0.4, 0.5) is 0 Å². The van der Waals surface area contributed by atoms with E-state index < -0.39 is 20.0 Å². The maximum Gasteiger partial charge on any atom is 0.268 e. The largest absolute Gasteiger partial charge is 0.756 e. The predicted molar refractivity (Wildman–Crippen MR) is 339 cm³/mol. The number of likely N-dealkylation sites (N-methyl/N-ethyl adjacent to an activating group) is 1. The number of phosphoric acid groups is 1. The first-order chi connectivity index (χ1) is 38.0. The minimum Gasteiger partial charge on any atom is -0.756 e. The summed E-state index contributed by atoms with van der Waals surface area (Å²) in [7, 11) is 1.30. The van der Waals surface area contributed by atoms with Gasteiger partial charge in [0.15, 0.2) is 0 Å². The molecule has 0 aliphatic rings. The average molecular weight is 1110 g/mol. The number of nitrogens with zero attached hydrogens (tertiary/aromatic N) is 1. The molecule has 0 aromatic heterocycles. The van der Waals surface area contributed by atoms with Crippen molar-refractivity contribution in [2.45, 2.75) is 296 Å². The van der Waals surface area contributed by atoms with Crippen LogP contribution in [0.1, 0.15) is 284 Å². The van der Waals surface area contributed by atoms with Gasteiger partial charge in [0.1, 0.15) is 13.2 Å². The summed E-state index contributed by atoms with van der Waals surface area (Å²) in [5.41, 5.74) is 0. The van der Waals surface area contributed by atoms with Gasteiger partial charge in [-0.2, -0.15) is 0 Å². The van der Waals surface area contributed by atoms with Crippen LogP contribution in [0.3, 0.4) is 0 Å². The fraction of sp³-hybridized carbons (Fsp3) is 0.754. The lowest BCUT2D eigenvalue weighted by Crippen LogP contribution is -2.46. The van der Waals surface area contributed by atoms with E-state index in [2.05, 4.69) is 116 Å². The molecule has 3 atom stereocenters. The third-order valence-corrected chi connectivity index (χ3v) is 15.3. The van der Waals surface area contributed by atoms with Crippen molar-refractivity contribution in [1.29, 1.82) is 0 Å². The first kappa shape index (κ1) is 75.4. The zero-order valence-corrected chi connectivity index (χ0v) is 52.5. The Bertz CT molecular complexity index is 1590. The fourth-order valence-corrected chi connectivity index (χ4v) is 10.0. The number of unbranched alkanes of at least 4 members (excludes halogenated alkanes) is 30. The zero-order chi connectivity index (χ0) is 57.0. The van der Waals surface area contributed by atoms with Crippen LogP contribution >= 0.6 is 7.82 Å². The van der Waals surface area contributed by atoms with Gasteiger partial charge in [-0.1, -0.05) is 297 Å². The van der Waals surface area contributed by atoms with Crippen LogP contribution in [0.5, 0.6) is 0 Å².